The minimum atomic E-state index is -0.509. The summed E-state index contributed by atoms with van der Waals surface area (Å²) in [5.74, 6) is 0. The maximum atomic E-state index is 12.9. The third-order valence-electron chi connectivity index (χ3n) is 8.05. The fourth-order valence-electron chi connectivity index (χ4n) is 5.50. The Morgan fingerprint density at radius 2 is 1.78 bits per heavy atom. The SMILES string of the molecule is CC[C@H]1CN(C(C)c2ccc(C(C)(C)C#N)cc2)[C@H](CC)CN1c1cc(=O)n(C)c2cn(CC#N)nc12. The molecular formula is C29H37N7O. The number of hydrogen-bond acceptors (Lipinski definition) is 6. The topological polar surface area (TPSA) is 93.9 Å². The molecule has 0 aliphatic carbocycles. The standard InChI is InChI=1S/C29H37N7O/c1-7-23-17-36(25-15-27(37)33(6)26-18-34(14-13-30)32-28(25)26)24(8-2)16-35(23)20(3)21-9-11-22(12-10-21)29(4,5)19-31/h9-12,15,18,20,23-24H,7-8,14,16-17H2,1-6H3/t20?,23-,24+/m1/s1. The van der Waals surface area contributed by atoms with Gasteiger partial charge in [-0.1, -0.05) is 38.1 Å². The molecule has 8 heteroatoms. The van der Waals surface area contributed by atoms with Crippen LogP contribution in [0.3, 0.4) is 0 Å². The molecule has 1 saturated heterocycles. The third kappa shape index (κ3) is 4.86. The molecule has 0 N–H and O–H groups in total. The molecule has 0 saturated carbocycles. The predicted molar refractivity (Wildman–Crippen MR) is 146 cm³/mol. The van der Waals surface area contributed by atoms with E-state index in [0.29, 0.717) is 6.04 Å². The Morgan fingerprint density at radius 1 is 1.11 bits per heavy atom. The van der Waals surface area contributed by atoms with Crippen molar-refractivity contribution in [1.29, 1.82) is 10.5 Å². The van der Waals surface area contributed by atoms with Gasteiger partial charge in [-0.15, -0.1) is 0 Å². The predicted octanol–water partition coefficient (Wildman–Crippen LogP) is 4.50. The van der Waals surface area contributed by atoms with E-state index in [0.717, 1.165) is 48.2 Å². The van der Waals surface area contributed by atoms with E-state index < -0.39 is 5.41 Å². The van der Waals surface area contributed by atoms with Gasteiger partial charge in [0.2, 0.25) is 0 Å². The van der Waals surface area contributed by atoms with Crippen LogP contribution < -0.4 is 10.5 Å². The Bertz CT molecular complexity index is 1400. The lowest BCUT2D eigenvalue weighted by atomic mass is 9.85. The number of rotatable bonds is 7. The van der Waals surface area contributed by atoms with Crippen molar-refractivity contribution in [3.8, 4) is 12.1 Å². The molecule has 4 rings (SSSR count). The molecule has 0 spiro atoms. The van der Waals surface area contributed by atoms with Gasteiger partial charge < -0.3 is 9.47 Å². The molecule has 3 heterocycles. The van der Waals surface area contributed by atoms with Crippen LogP contribution in [-0.2, 0) is 19.0 Å². The fourth-order valence-corrected chi connectivity index (χ4v) is 5.50. The molecule has 2 aromatic heterocycles. The Kier molecular flexibility index (Phi) is 7.43. The lowest BCUT2D eigenvalue weighted by molar-refractivity contribution is 0.101. The molecule has 1 aliphatic heterocycles. The lowest BCUT2D eigenvalue weighted by Crippen LogP contribution is -2.58. The first-order valence-corrected chi connectivity index (χ1v) is 13.1. The highest BCUT2D eigenvalue weighted by Crippen LogP contribution is 2.35. The van der Waals surface area contributed by atoms with Crippen molar-refractivity contribution >= 4 is 16.7 Å². The summed E-state index contributed by atoms with van der Waals surface area (Å²) >= 11 is 0. The number of hydrogen-bond donors (Lipinski definition) is 0. The van der Waals surface area contributed by atoms with E-state index in [-0.39, 0.29) is 24.2 Å². The van der Waals surface area contributed by atoms with Crippen LogP contribution in [0.1, 0.15) is 64.6 Å². The summed E-state index contributed by atoms with van der Waals surface area (Å²) in [5.41, 5.74) is 4.06. The largest absolute Gasteiger partial charge is 0.364 e. The molecule has 8 nitrogen and oxygen atoms in total. The fraction of sp³-hybridized carbons (Fsp3) is 0.517. The highest BCUT2D eigenvalue weighted by molar-refractivity contribution is 5.88. The second kappa shape index (κ2) is 10.4. The summed E-state index contributed by atoms with van der Waals surface area (Å²) < 4.78 is 3.22. The van der Waals surface area contributed by atoms with Crippen LogP contribution in [0.25, 0.3) is 11.0 Å². The van der Waals surface area contributed by atoms with Gasteiger partial charge in [0.1, 0.15) is 12.1 Å². The minimum absolute atomic E-state index is 0.0712. The summed E-state index contributed by atoms with van der Waals surface area (Å²) in [5, 5.41) is 23.4. The zero-order valence-corrected chi connectivity index (χ0v) is 22.8. The van der Waals surface area contributed by atoms with Crippen LogP contribution in [0.5, 0.6) is 0 Å². The maximum absolute atomic E-state index is 12.9. The maximum Gasteiger partial charge on any atom is 0.252 e. The van der Waals surface area contributed by atoms with Crippen molar-refractivity contribution in [2.24, 2.45) is 7.05 Å². The van der Waals surface area contributed by atoms with Crippen molar-refractivity contribution in [3.05, 3.63) is 58.0 Å². The van der Waals surface area contributed by atoms with Crippen molar-refractivity contribution in [3.63, 3.8) is 0 Å². The molecule has 3 aromatic rings. The first-order valence-electron chi connectivity index (χ1n) is 13.1. The van der Waals surface area contributed by atoms with Crippen LogP contribution in [0.15, 0.2) is 41.3 Å². The van der Waals surface area contributed by atoms with Gasteiger partial charge in [-0.3, -0.25) is 14.4 Å². The Labute approximate surface area is 219 Å². The summed E-state index contributed by atoms with van der Waals surface area (Å²) in [6.45, 7) is 12.4. The average Bonchev–Trinajstić information content (AvgIpc) is 3.34. The molecule has 1 aromatic carbocycles. The number of fused-ring (bicyclic) bond motifs is 1. The first kappa shape index (κ1) is 26.4. The Hall–Kier alpha value is -3.62. The van der Waals surface area contributed by atoms with Crippen molar-refractivity contribution in [1.82, 2.24) is 19.2 Å². The second-order valence-electron chi connectivity index (χ2n) is 10.7. The number of nitriles is 2. The number of anilines is 1. The van der Waals surface area contributed by atoms with Gasteiger partial charge in [-0.05, 0) is 44.7 Å². The average molecular weight is 500 g/mol. The van der Waals surface area contributed by atoms with E-state index in [4.69, 9.17) is 10.4 Å². The molecule has 0 amide bonds. The van der Waals surface area contributed by atoms with E-state index in [1.807, 2.05) is 13.8 Å². The minimum Gasteiger partial charge on any atom is -0.364 e. The van der Waals surface area contributed by atoms with Crippen LogP contribution in [0.4, 0.5) is 5.69 Å². The quantitative estimate of drug-likeness (QED) is 0.475. The number of piperazine rings is 1. The van der Waals surface area contributed by atoms with E-state index in [2.05, 4.69) is 67.0 Å². The van der Waals surface area contributed by atoms with Gasteiger partial charge in [0.05, 0.1) is 35.0 Å². The summed E-state index contributed by atoms with van der Waals surface area (Å²) in [4.78, 5) is 17.8. The zero-order valence-electron chi connectivity index (χ0n) is 22.8. The van der Waals surface area contributed by atoms with Crippen LogP contribution in [0.2, 0.25) is 0 Å². The van der Waals surface area contributed by atoms with Crippen molar-refractivity contribution in [2.75, 3.05) is 18.0 Å². The monoisotopic (exact) mass is 499 g/mol. The number of benzene rings is 1. The number of aromatic nitrogens is 3. The number of pyridine rings is 1. The van der Waals surface area contributed by atoms with E-state index in [9.17, 15) is 10.1 Å². The molecule has 0 radical (unpaired) electrons. The van der Waals surface area contributed by atoms with E-state index >= 15 is 0 Å². The van der Waals surface area contributed by atoms with Gasteiger partial charge in [-0.25, -0.2) is 0 Å². The molecule has 0 bridgehead atoms. The third-order valence-corrected chi connectivity index (χ3v) is 8.05. The second-order valence-corrected chi connectivity index (χ2v) is 10.7. The van der Waals surface area contributed by atoms with Gasteiger partial charge in [-0.2, -0.15) is 15.6 Å². The summed E-state index contributed by atoms with van der Waals surface area (Å²) in [6.07, 6.45) is 3.70. The normalized spacial score (nSPS) is 19.5. The molecule has 37 heavy (non-hydrogen) atoms. The molecule has 1 aliphatic rings. The molecular weight excluding hydrogens is 462 g/mol. The van der Waals surface area contributed by atoms with Gasteiger partial charge >= 0.3 is 0 Å². The molecule has 3 atom stereocenters. The summed E-state index contributed by atoms with van der Waals surface area (Å²) in [7, 11) is 1.75. The van der Waals surface area contributed by atoms with E-state index in [1.165, 1.54) is 5.56 Å². The highest BCUT2D eigenvalue weighted by atomic mass is 16.1. The van der Waals surface area contributed by atoms with Crippen LogP contribution >= 0.6 is 0 Å². The van der Waals surface area contributed by atoms with E-state index in [1.54, 1.807) is 28.6 Å². The van der Waals surface area contributed by atoms with Gasteiger partial charge in [0, 0.05) is 44.3 Å². The number of aryl methyl sites for hydroxylation is 1. The van der Waals surface area contributed by atoms with Crippen LogP contribution in [0, 0.1) is 22.7 Å². The number of nitrogens with zero attached hydrogens (tertiary/aromatic N) is 7. The Balaban J connectivity index is 1.67. The van der Waals surface area contributed by atoms with Crippen molar-refractivity contribution in [2.45, 2.75) is 77.5 Å². The lowest BCUT2D eigenvalue weighted by Gasteiger charge is -2.49. The van der Waals surface area contributed by atoms with Gasteiger partial charge in [0.25, 0.3) is 5.56 Å². The molecule has 1 fully saturated rings. The molecule has 1 unspecified atom stereocenters. The molecule has 194 valence electrons. The highest BCUT2D eigenvalue weighted by Gasteiger charge is 2.36. The first-order chi connectivity index (χ1) is 17.6. The van der Waals surface area contributed by atoms with Crippen LogP contribution in [-0.4, -0.2) is 44.4 Å². The zero-order chi connectivity index (χ0) is 26.9. The smallest absolute Gasteiger partial charge is 0.252 e. The van der Waals surface area contributed by atoms with Crippen molar-refractivity contribution < 1.29 is 0 Å². The summed E-state index contributed by atoms with van der Waals surface area (Å²) in [6, 6.07) is 15.5. The van der Waals surface area contributed by atoms with Gasteiger partial charge in [0.15, 0.2) is 0 Å². The Morgan fingerprint density at radius 3 is 2.38 bits per heavy atom.